The summed E-state index contributed by atoms with van der Waals surface area (Å²) in [6, 6.07) is 0.359. The van der Waals surface area contributed by atoms with E-state index in [0.29, 0.717) is 12.0 Å². The predicted molar refractivity (Wildman–Crippen MR) is 54.5 cm³/mol. The van der Waals surface area contributed by atoms with Gasteiger partial charge in [-0.3, -0.25) is 4.79 Å². The van der Waals surface area contributed by atoms with Crippen molar-refractivity contribution in [3.63, 3.8) is 0 Å². The van der Waals surface area contributed by atoms with Gasteiger partial charge >= 0.3 is 0 Å². The smallest absolute Gasteiger partial charge is 0.217 e. The van der Waals surface area contributed by atoms with Crippen molar-refractivity contribution >= 4 is 12.7 Å². The maximum absolute atomic E-state index is 10.7. The lowest BCUT2D eigenvalue weighted by atomic mass is 10.00. The fraction of sp³-hybridized carbons (Fsp3) is 0.800. The fourth-order valence-electron chi connectivity index (χ4n) is 1.14. The van der Waals surface area contributed by atoms with E-state index < -0.39 is 0 Å². The van der Waals surface area contributed by atoms with Crippen LogP contribution in [-0.4, -0.2) is 18.7 Å². The topological polar surface area (TPSA) is 46.2 Å². The summed E-state index contributed by atoms with van der Waals surface area (Å²) in [6.07, 6.45) is 2.21. The lowest BCUT2D eigenvalue weighted by Crippen LogP contribution is -2.36. The van der Waals surface area contributed by atoms with E-state index in [1.807, 2.05) is 6.79 Å². The first-order valence-corrected chi connectivity index (χ1v) is 4.63. The number of hydrogen-bond acceptors (Lipinski definition) is 2. The van der Waals surface area contributed by atoms with Crippen molar-refractivity contribution in [1.29, 1.82) is 0 Å². The summed E-state index contributed by atoms with van der Waals surface area (Å²) in [5.41, 5.74) is 0. The SMILES string of the molecule is C=O.CCC[C@H](NC(C)=O)C(C)C. The summed E-state index contributed by atoms with van der Waals surface area (Å²) in [6.45, 7) is 9.98. The third kappa shape index (κ3) is 9.05. The zero-order valence-electron chi connectivity index (χ0n) is 9.09. The second kappa shape index (κ2) is 9.23. The Balaban J connectivity index is 0. The van der Waals surface area contributed by atoms with Crippen LogP contribution in [0.25, 0.3) is 0 Å². The number of rotatable bonds is 4. The molecule has 0 unspecified atom stereocenters. The number of nitrogens with one attached hydrogen (secondary N) is 1. The van der Waals surface area contributed by atoms with Crippen LogP contribution in [0.3, 0.4) is 0 Å². The van der Waals surface area contributed by atoms with E-state index in [1.165, 1.54) is 0 Å². The second-order valence-electron chi connectivity index (χ2n) is 3.34. The molecule has 3 nitrogen and oxygen atoms in total. The van der Waals surface area contributed by atoms with Crippen molar-refractivity contribution in [2.45, 2.75) is 46.6 Å². The molecular weight excluding hydrogens is 166 g/mol. The molecule has 0 saturated carbocycles. The summed E-state index contributed by atoms with van der Waals surface area (Å²) in [5.74, 6) is 0.621. The Bertz CT molecular complexity index is 135. The molecule has 1 amide bonds. The van der Waals surface area contributed by atoms with Gasteiger partial charge in [0.25, 0.3) is 0 Å². The van der Waals surface area contributed by atoms with Gasteiger partial charge in [0.1, 0.15) is 6.79 Å². The first-order valence-electron chi connectivity index (χ1n) is 4.63. The van der Waals surface area contributed by atoms with Crippen LogP contribution in [0.2, 0.25) is 0 Å². The van der Waals surface area contributed by atoms with Crippen LogP contribution in [0, 0.1) is 5.92 Å². The summed E-state index contributed by atoms with van der Waals surface area (Å²) < 4.78 is 0. The largest absolute Gasteiger partial charge is 0.353 e. The minimum atomic E-state index is 0.0807. The van der Waals surface area contributed by atoms with Gasteiger partial charge in [-0.1, -0.05) is 27.2 Å². The maximum atomic E-state index is 10.7. The first kappa shape index (κ1) is 14.7. The van der Waals surface area contributed by atoms with E-state index in [4.69, 9.17) is 4.79 Å². The maximum Gasteiger partial charge on any atom is 0.217 e. The molecule has 1 atom stereocenters. The van der Waals surface area contributed by atoms with Crippen molar-refractivity contribution < 1.29 is 9.59 Å². The molecule has 3 heteroatoms. The van der Waals surface area contributed by atoms with Crippen molar-refractivity contribution in [3.8, 4) is 0 Å². The zero-order chi connectivity index (χ0) is 10.9. The van der Waals surface area contributed by atoms with Gasteiger partial charge in [-0.2, -0.15) is 0 Å². The van der Waals surface area contributed by atoms with E-state index in [2.05, 4.69) is 26.1 Å². The highest BCUT2D eigenvalue weighted by atomic mass is 16.1. The quantitative estimate of drug-likeness (QED) is 0.729. The molecule has 78 valence electrons. The molecule has 1 N–H and O–H groups in total. The minimum absolute atomic E-state index is 0.0807. The normalized spacial score (nSPS) is 11.5. The van der Waals surface area contributed by atoms with Crippen LogP contribution in [0.4, 0.5) is 0 Å². The Labute approximate surface area is 80.9 Å². The van der Waals surface area contributed by atoms with Gasteiger partial charge in [0, 0.05) is 13.0 Å². The molecule has 0 aromatic rings. The van der Waals surface area contributed by atoms with E-state index >= 15 is 0 Å². The van der Waals surface area contributed by atoms with Crippen LogP contribution < -0.4 is 5.32 Å². The van der Waals surface area contributed by atoms with Crippen LogP contribution in [0.1, 0.15) is 40.5 Å². The van der Waals surface area contributed by atoms with Crippen molar-refractivity contribution in [2.75, 3.05) is 0 Å². The molecule has 0 aromatic carbocycles. The summed E-state index contributed by atoms with van der Waals surface area (Å²) in [7, 11) is 0. The molecular formula is C10H21NO2. The Morgan fingerprint density at radius 2 is 1.85 bits per heavy atom. The van der Waals surface area contributed by atoms with E-state index in [0.717, 1.165) is 12.8 Å². The van der Waals surface area contributed by atoms with Gasteiger partial charge in [-0.05, 0) is 12.3 Å². The number of hydrogen-bond donors (Lipinski definition) is 1. The molecule has 0 fully saturated rings. The Hall–Kier alpha value is -0.860. The molecule has 0 saturated heterocycles. The van der Waals surface area contributed by atoms with Gasteiger partial charge < -0.3 is 10.1 Å². The lowest BCUT2D eigenvalue weighted by molar-refractivity contribution is -0.120. The monoisotopic (exact) mass is 187 g/mol. The molecule has 0 aliphatic heterocycles. The van der Waals surface area contributed by atoms with Crippen LogP contribution in [0.15, 0.2) is 0 Å². The van der Waals surface area contributed by atoms with Crippen LogP contribution >= 0.6 is 0 Å². The molecule has 0 heterocycles. The molecule has 0 aliphatic carbocycles. The summed E-state index contributed by atoms with van der Waals surface area (Å²) in [4.78, 5) is 18.7. The minimum Gasteiger partial charge on any atom is -0.353 e. The van der Waals surface area contributed by atoms with Gasteiger partial charge in [0.15, 0.2) is 0 Å². The Morgan fingerprint density at radius 3 is 2.08 bits per heavy atom. The van der Waals surface area contributed by atoms with Crippen molar-refractivity contribution in [2.24, 2.45) is 5.92 Å². The lowest BCUT2D eigenvalue weighted by Gasteiger charge is -2.20. The second-order valence-corrected chi connectivity index (χ2v) is 3.34. The number of amides is 1. The standard InChI is InChI=1S/C9H19NO.CH2O/c1-5-6-9(7(2)3)10-8(4)11;1-2/h7,9H,5-6H2,1-4H3,(H,10,11);1H2/t9-;/m0./s1. The van der Waals surface area contributed by atoms with Gasteiger partial charge in [-0.15, -0.1) is 0 Å². The Morgan fingerprint density at radius 1 is 1.38 bits per heavy atom. The van der Waals surface area contributed by atoms with Gasteiger partial charge in [-0.25, -0.2) is 0 Å². The van der Waals surface area contributed by atoms with Crippen molar-refractivity contribution in [3.05, 3.63) is 0 Å². The highest BCUT2D eigenvalue weighted by molar-refractivity contribution is 5.73. The zero-order valence-corrected chi connectivity index (χ0v) is 9.09. The summed E-state index contributed by atoms with van der Waals surface area (Å²) >= 11 is 0. The van der Waals surface area contributed by atoms with E-state index in [1.54, 1.807) is 6.92 Å². The molecule has 13 heavy (non-hydrogen) atoms. The van der Waals surface area contributed by atoms with E-state index in [-0.39, 0.29) is 5.91 Å². The van der Waals surface area contributed by atoms with Crippen LogP contribution in [0.5, 0.6) is 0 Å². The average molecular weight is 187 g/mol. The van der Waals surface area contributed by atoms with Crippen molar-refractivity contribution in [1.82, 2.24) is 5.32 Å². The molecule has 0 radical (unpaired) electrons. The fourth-order valence-corrected chi connectivity index (χ4v) is 1.14. The Kier molecular flexibility index (Phi) is 10.4. The van der Waals surface area contributed by atoms with E-state index in [9.17, 15) is 4.79 Å². The molecule has 0 aliphatic rings. The predicted octanol–water partition coefficient (Wildman–Crippen LogP) is 1.76. The van der Waals surface area contributed by atoms with Crippen LogP contribution in [-0.2, 0) is 9.59 Å². The third-order valence-electron chi connectivity index (χ3n) is 1.79. The third-order valence-corrected chi connectivity index (χ3v) is 1.79. The van der Waals surface area contributed by atoms with Gasteiger partial charge in [0.05, 0.1) is 0 Å². The highest BCUT2D eigenvalue weighted by Crippen LogP contribution is 2.07. The summed E-state index contributed by atoms with van der Waals surface area (Å²) in [5, 5.41) is 2.94. The molecule has 0 spiro atoms. The highest BCUT2D eigenvalue weighted by Gasteiger charge is 2.11. The number of carbonyl (C=O) groups is 2. The number of carbonyl (C=O) groups excluding carboxylic acids is 2. The first-order chi connectivity index (χ1) is 6.07. The van der Waals surface area contributed by atoms with Gasteiger partial charge in [0.2, 0.25) is 5.91 Å². The molecule has 0 bridgehead atoms. The average Bonchev–Trinajstić information content (AvgIpc) is 2.06. The molecule has 0 aromatic heterocycles. The molecule has 0 rings (SSSR count).